The maximum absolute atomic E-state index is 5.43. The zero-order chi connectivity index (χ0) is 99.7. The molecule has 8 heteroatoms. The fourth-order valence-electron chi connectivity index (χ4n) is 23.3. The fraction of sp³-hybridized carbons (Fsp3) is 0.0496. The minimum Gasteiger partial charge on any atom is -0.264 e. The first-order valence-corrected chi connectivity index (χ1v) is 51.0. The third-order valence-electron chi connectivity index (χ3n) is 30.5. The predicted molar refractivity (Wildman–Crippen MR) is 612 cm³/mol. The molecule has 0 fully saturated rings. The minimum atomic E-state index is -0.431. The second kappa shape index (κ2) is 37.6. The van der Waals surface area contributed by atoms with E-state index in [-0.39, 0.29) is 10.8 Å². The van der Waals surface area contributed by atoms with E-state index >= 15 is 0 Å². The van der Waals surface area contributed by atoms with Gasteiger partial charge >= 0.3 is 0 Å². The molecule has 8 nitrogen and oxygen atoms in total. The quantitative estimate of drug-likeness (QED) is 0.1000. The van der Waals surface area contributed by atoms with Gasteiger partial charge in [0.25, 0.3) is 0 Å². The summed E-state index contributed by atoms with van der Waals surface area (Å²) in [6, 6.07) is 177. The first-order valence-electron chi connectivity index (χ1n) is 51.0. The van der Waals surface area contributed by atoms with Crippen LogP contribution in [-0.2, 0) is 16.2 Å². The Morgan fingerprint density at radius 3 is 0.919 bits per heavy atom. The maximum Gasteiger partial charge on any atom is 0.160 e. The molecule has 24 aromatic rings. The van der Waals surface area contributed by atoms with E-state index < -0.39 is 5.41 Å². The average Bonchev–Trinajstić information content (AvgIpc) is 1.50. The molecule has 28 rings (SSSR count). The van der Waals surface area contributed by atoms with E-state index in [0.29, 0.717) is 11.6 Å². The van der Waals surface area contributed by atoms with Crippen molar-refractivity contribution in [2.45, 2.75) is 43.9 Å². The summed E-state index contributed by atoms with van der Waals surface area (Å²) in [5.74, 6) is 2.11. The van der Waals surface area contributed by atoms with Gasteiger partial charge in [-0.25, -0.2) is 29.9 Å². The highest BCUT2D eigenvalue weighted by atomic mass is 14.9. The van der Waals surface area contributed by atoms with E-state index in [2.05, 4.69) is 511 Å². The van der Waals surface area contributed by atoms with E-state index in [4.69, 9.17) is 29.9 Å². The van der Waals surface area contributed by atoms with Gasteiger partial charge in [-0.15, -0.1) is 0 Å². The maximum atomic E-state index is 5.43. The van der Waals surface area contributed by atoms with E-state index in [1.54, 1.807) is 12.4 Å². The first-order chi connectivity index (χ1) is 73.4. The highest BCUT2D eigenvalue weighted by Gasteiger charge is 2.52. The highest BCUT2D eigenvalue weighted by molar-refractivity contribution is 6.02. The van der Waals surface area contributed by atoms with Crippen molar-refractivity contribution >= 4 is 10.8 Å². The van der Waals surface area contributed by atoms with Gasteiger partial charge in [0.2, 0.25) is 0 Å². The smallest absolute Gasteiger partial charge is 0.160 e. The summed E-state index contributed by atoms with van der Waals surface area (Å²) >= 11 is 0. The molecule has 0 aliphatic heterocycles. The van der Waals surface area contributed by atoms with Gasteiger partial charge in [-0.3, -0.25) is 9.97 Å². The highest BCUT2D eigenvalue weighted by Crippen LogP contribution is 2.65. The predicted octanol–water partition coefficient (Wildman–Crippen LogP) is 35.3. The van der Waals surface area contributed by atoms with E-state index in [9.17, 15) is 0 Å². The second-order valence-electron chi connectivity index (χ2n) is 39.9. The molecule has 0 radical (unpaired) electrons. The normalized spacial score (nSPS) is 12.9. The number of nitrogens with zero attached hydrogens (tertiary/aromatic N) is 8. The Labute approximate surface area is 868 Å². The topological polar surface area (TPSA) is 103 Å². The summed E-state index contributed by atoms with van der Waals surface area (Å²) in [5.41, 5.74) is 48.7. The summed E-state index contributed by atoms with van der Waals surface area (Å²) in [6.07, 6.45) is 7.40. The summed E-state index contributed by atoms with van der Waals surface area (Å²) in [7, 11) is 0. The molecule has 4 aliphatic carbocycles. The first kappa shape index (κ1) is 90.0. The summed E-state index contributed by atoms with van der Waals surface area (Å²) in [6.45, 7) is 9.34. The lowest BCUT2D eigenvalue weighted by molar-refractivity contribution is 0.660. The van der Waals surface area contributed by atoms with Crippen molar-refractivity contribution in [3.63, 3.8) is 0 Å². The largest absolute Gasteiger partial charge is 0.264 e. The molecule has 702 valence electrons. The van der Waals surface area contributed by atoms with Gasteiger partial charge in [0.15, 0.2) is 17.5 Å². The van der Waals surface area contributed by atoms with Crippen LogP contribution in [0.2, 0.25) is 0 Å². The Kier molecular flexibility index (Phi) is 22.7. The third-order valence-corrected chi connectivity index (χ3v) is 30.5. The Bertz CT molecular complexity index is 9230. The van der Waals surface area contributed by atoms with Crippen LogP contribution in [0.15, 0.2) is 522 Å². The lowest BCUT2D eigenvalue weighted by atomic mass is 9.70. The summed E-state index contributed by atoms with van der Waals surface area (Å²) < 4.78 is 0. The van der Waals surface area contributed by atoms with Gasteiger partial charge in [0.05, 0.1) is 39.6 Å². The molecule has 0 unspecified atom stereocenters. The Balaban J connectivity index is 0.000000114. The summed E-state index contributed by atoms with van der Waals surface area (Å²) in [5, 5.41) is 2.60. The summed E-state index contributed by atoms with van der Waals surface area (Å²) in [4.78, 5) is 40.3. The standard InChI is InChI=1S/C52H33N3.C46H33N3.C43H32N2/c1-2-13-34(14-3-1)37-15-10-16-38(31-37)51-54-48(36-28-26-35(27-29-36)39-17-12-30-53-33-39)32-49(55-51)43-21-11-25-47-50(43)42-20-6-9-24-46(42)52(47)44-22-7-4-18-40(44)41-19-5-8-23-45(41)52;1-46(2)41-24-22-35(27-40(41)39-23-21-32-12-6-7-16-38(32)44(39)46)43-28-42(33-19-17-31(18-20-33)37-15-9-25-47-29-37)48-45(49-43)36-14-8-13-34(26-36)30-10-4-3-5-11-30;1-43(2)37-21-10-9-19-35(37)41-36(20-12-22-38(41)43)40-28-39(32-25-23-31(24-26-32)29-13-5-3-6-14-29)44-42(45-40)34-18-11-17-33(27-34)30-15-7-4-8-16-30/h1-33H;3-29H,1-2H3;3-28H,1-2H3. The molecular weight excluding hydrogens is 1810 g/mol. The van der Waals surface area contributed by atoms with Crippen LogP contribution < -0.4 is 0 Å². The van der Waals surface area contributed by atoms with Crippen molar-refractivity contribution in [2.75, 3.05) is 0 Å². The van der Waals surface area contributed by atoms with Crippen LogP contribution >= 0.6 is 0 Å². The zero-order valence-electron chi connectivity index (χ0n) is 82.7. The van der Waals surface area contributed by atoms with E-state index in [1.165, 1.54) is 122 Å². The average molecular weight is 1900 g/mol. The molecule has 0 N–H and O–H groups in total. The number of pyridine rings is 2. The van der Waals surface area contributed by atoms with Gasteiger partial charge in [-0.2, -0.15) is 0 Å². The van der Waals surface area contributed by atoms with Crippen molar-refractivity contribution in [2.24, 2.45) is 0 Å². The minimum absolute atomic E-state index is 0.0854. The molecule has 4 aliphatic rings. The lowest BCUT2D eigenvalue weighted by Crippen LogP contribution is -2.25. The van der Waals surface area contributed by atoms with Crippen molar-refractivity contribution in [3.8, 4) is 213 Å². The van der Waals surface area contributed by atoms with Crippen molar-refractivity contribution < 1.29 is 0 Å². The van der Waals surface area contributed by atoms with Crippen LogP contribution in [0.5, 0.6) is 0 Å². The van der Waals surface area contributed by atoms with Crippen LogP contribution in [0.1, 0.15) is 72.2 Å². The Morgan fingerprint density at radius 2 is 0.463 bits per heavy atom. The van der Waals surface area contributed by atoms with Gasteiger partial charge in [-0.1, -0.05) is 471 Å². The van der Waals surface area contributed by atoms with Gasteiger partial charge in [-0.05, 0) is 221 Å². The monoisotopic (exact) mass is 1900 g/mol. The van der Waals surface area contributed by atoms with Crippen LogP contribution in [-0.4, -0.2) is 39.9 Å². The van der Waals surface area contributed by atoms with Crippen LogP contribution in [0.3, 0.4) is 0 Å². The number of hydrogen-bond acceptors (Lipinski definition) is 8. The zero-order valence-corrected chi connectivity index (χ0v) is 82.7. The van der Waals surface area contributed by atoms with Gasteiger partial charge < -0.3 is 0 Å². The molecule has 0 saturated carbocycles. The molecule has 0 bridgehead atoms. The molecule has 5 aromatic heterocycles. The number of hydrogen-bond donors (Lipinski definition) is 0. The third kappa shape index (κ3) is 16.2. The van der Waals surface area contributed by atoms with Crippen molar-refractivity contribution in [1.29, 1.82) is 0 Å². The molecule has 149 heavy (non-hydrogen) atoms. The molecule has 1 spiro atoms. The molecule has 5 heterocycles. The van der Waals surface area contributed by atoms with Crippen LogP contribution in [0, 0.1) is 0 Å². The number of rotatable bonds is 15. The van der Waals surface area contributed by atoms with Gasteiger partial charge in [0.1, 0.15) is 0 Å². The fourth-order valence-corrected chi connectivity index (χ4v) is 23.3. The van der Waals surface area contributed by atoms with Crippen LogP contribution in [0.4, 0.5) is 0 Å². The molecule has 0 atom stereocenters. The number of benzene rings is 19. The molecular formula is C141H98N8. The van der Waals surface area contributed by atoms with E-state index in [0.717, 1.165) is 135 Å². The SMILES string of the molecule is CC1(C)c2ccc(-c3cc(-c4ccc(-c5cccnc5)cc4)nc(-c4cccc(-c5ccccc5)c4)n3)cc2-c2ccc3ccccc3c21.CC1(C)c2ccccc2-c2c(-c3cc(-c4ccc(-c5ccccc5)cc4)nc(-c4cccc(-c5ccccc5)c4)n3)cccc21.c1ccc(-c2cccc(-c3nc(-c4ccc(-c5cccnc5)cc4)cc(-c4cccc5c4-c4ccccc4C54c5ccccc5-c5ccccc54)n3)c2)cc1. The number of fused-ring (bicyclic) bond motifs is 18. The van der Waals surface area contributed by atoms with Crippen LogP contribution in [0.25, 0.3) is 224 Å². The van der Waals surface area contributed by atoms with Crippen molar-refractivity contribution in [1.82, 2.24) is 39.9 Å². The molecule has 0 amide bonds. The van der Waals surface area contributed by atoms with Gasteiger partial charge in [0, 0.05) is 85.7 Å². The van der Waals surface area contributed by atoms with Crippen molar-refractivity contribution in [3.05, 3.63) is 567 Å². The Hall–Kier alpha value is -19.0. The molecule has 0 saturated heterocycles. The molecule has 19 aromatic carbocycles. The van der Waals surface area contributed by atoms with E-state index in [1.807, 2.05) is 36.7 Å². The second-order valence-corrected chi connectivity index (χ2v) is 39.9. The lowest BCUT2D eigenvalue weighted by Gasteiger charge is -2.30. The Morgan fingerprint density at radius 1 is 0.161 bits per heavy atom. The number of aromatic nitrogens is 8.